The van der Waals surface area contributed by atoms with Crippen LogP contribution in [-0.4, -0.2) is 24.5 Å². The summed E-state index contributed by atoms with van der Waals surface area (Å²) in [5.74, 6) is 0.985. The van der Waals surface area contributed by atoms with Crippen LogP contribution in [0.4, 0.5) is 0 Å². The molecule has 0 aliphatic heterocycles. The van der Waals surface area contributed by atoms with Crippen LogP contribution < -0.4 is 10.1 Å². The molecule has 4 rings (SSSR count). The van der Waals surface area contributed by atoms with Gasteiger partial charge in [-0.25, -0.2) is 0 Å². The molecule has 0 radical (unpaired) electrons. The van der Waals surface area contributed by atoms with Crippen molar-refractivity contribution in [1.29, 1.82) is 0 Å². The van der Waals surface area contributed by atoms with Crippen LogP contribution in [0.5, 0.6) is 5.75 Å². The summed E-state index contributed by atoms with van der Waals surface area (Å²) >= 11 is 0. The molecule has 0 atom stereocenters. The van der Waals surface area contributed by atoms with Crippen molar-refractivity contribution in [3.8, 4) is 5.75 Å². The normalized spacial score (nSPS) is 15.0. The third kappa shape index (κ3) is 3.32. The highest BCUT2D eigenvalue weighted by atomic mass is 16.5. The molecule has 1 saturated carbocycles. The number of ether oxygens (including phenoxy) is 1. The van der Waals surface area contributed by atoms with Crippen molar-refractivity contribution in [3.63, 3.8) is 0 Å². The first-order valence-electron chi connectivity index (χ1n) is 9.16. The van der Waals surface area contributed by atoms with Gasteiger partial charge in [-0.2, -0.15) is 0 Å². The number of fused-ring (bicyclic) bond motifs is 1. The zero-order valence-corrected chi connectivity index (χ0v) is 15.0. The first-order valence-corrected chi connectivity index (χ1v) is 9.16. The topological polar surface area (TPSA) is 54.1 Å². The van der Waals surface area contributed by atoms with Crippen LogP contribution in [0.1, 0.15) is 30.4 Å². The fourth-order valence-corrected chi connectivity index (χ4v) is 3.62. The zero-order valence-electron chi connectivity index (χ0n) is 15.0. The van der Waals surface area contributed by atoms with Crippen molar-refractivity contribution in [2.45, 2.75) is 31.1 Å². The molecule has 134 valence electrons. The van der Waals surface area contributed by atoms with Crippen molar-refractivity contribution in [2.24, 2.45) is 0 Å². The molecular weight excluding hydrogens is 324 g/mol. The van der Waals surface area contributed by atoms with Crippen molar-refractivity contribution >= 4 is 16.8 Å². The van der Waals surface area contributed by atoms with E-state index >= 15 is 0 Å². The van der Waals surface area contributed by atoms with E-state index in [0.29, 0.717) is 13.0 Å². The monoisotopic (exact) mass is 348 g/mol. The minimum absolute atomic E-state index is 0.0625. The number of benzene rings is 2. The lowest BCUT2D eigenvalue weighted by Crippen LogP contribution is -2.32. The van der Waals surface area contributed by atoms with Gasteiger partial charge in [0.15, 0.2) is 0 Å². The summed E-state index contributed by atoms with van der Waals surface area (Å²) in [6.07, 6.45) is 5.62. The van der Waals surface area contributed by atoms with E-state index in [-0.39, 0.29) is 11.3 Å². The van der Waals surface area contributed by atoms with Gasteiger partial charge in [-0.05, 0) is 48.6 Å². The lowest BCUT2D eigenvalue weighted by Gasteiger charge is -2.16. The highest BCUT2D eigenvalue weighted by Gasteiger charge is 2.45. The van der Waals surface area contributed by atoms with E-state index in [0.717, 1.165) is 30.5 Å². The van der Waals surface area contributed by atoms with E-state index < -0.39 is 0 Å². The Kier molecular flexibility index (Phi) is 4.41. The zero-order chi connectivity index (χ0) is 18.0. The third-order valence-corrected chi connectivity index (χ3v) is 5.42. The number of hydrogen-bond donors (Lipinski definition) is 2. The largest absolute Gasteiger partial charge is 0.497 e. The molecule has 0 spiro atoms. The second-order valence-electron chi connectivity index (χ2n) is 7.16. The Hall–Kier alpha value is -2.75. The molecule has 0 saturated heterocycles. The molecule has 1 heterocycles. The second kappa shape index (κ2) is 6.87. The maximum Gasteiger partial charge on any atom is 0.220 e. The lowest BCUT2D eigenvalue weighted by atomic mass is 9.95. The quantitative estimate of drug-likeness (QED) is 0.679. The van der Waals surface area contributed by atoms with Crippen molar-refractivity contribution in [3.05, 3.63) is 65.9 Å². The van der Waals surface area contributed by atoms with Gasteiger partial charge in [0.1, 0.15) is 5.75 Å². The predicted octanol–water partition coefficient (Wildman–Crippen LogP) is 3.96. The summed E-state index contributed by atoms with van der Waals surface area (Å²) in [6.45, 7) is 0.699. The Labute approximate surface area is 153 Å². The summed E-state index contributed by atoms with van der Waals surface area (Å²) in [7, 11) is 1.69. The highest BCUT2D eigenvalue weighted by molar-refractivity contribution is 5.86. The van der Waals surface area contributed by atoms with Crippen LogP contribution in [-0.2, 0) is 16.6 Å². The minimum atomic E-state index is 0.0625. The van der Waals surface area contributed by atoms with Gasteiger partial charge >= 0.3 is 0 Å². The molecule has 0 bridgehead atoms. The number of amides is 1. The van der Waals surface area contributed by atoms with Gasteiger partial charge in [-0.15, -0.1) is 0 Å². The van der Waals surface area contributed by atoms with Gasteiger partial charge < -0.3 is 15.0 Å². The molecule has 1 aromatic heterocycles. The van der Waals surface area contributed by atoms with Crippen LogP contribution in [0.25, 0.3) is 10.9 Å². The van der Waals surface area contributed by atoms with Gasteiger partial charge in [0.2, 0.25) is 5.91 Å². The molecule has 0 unspecified atom stereocenters. The lowest BCUT2D eigenvalue weighted by molar-refractivity contribution is -0.121. The van der Waals surface area contributed by atoms with Gasteiger partial charge in [0.25, 0.3) is 0 Å². The number of rotatable bonds is 7. The SMILES string of the molecule is COc1ccc2[nH]cc(C3(CNC(=O)CCc4ccccc4)CC3)c2c1. The smallest absolute Gasteiger partial charge is 0.220 e. The predicted molar refractivity (Wildman–Crippen MR) is 104 cm³/mol. The fourth-order valence-electron chi connectivity index (χ4n) is 3.62. The number of aromatic amines is 1. The average Bonchev–Trinajstić information content (AvgIpc) is 3.35. The molecule has 4 nitrogen and oxygen atoms in total. The van der Waals surface area contributed by atoms with Crippen LogP contribution in [0.3, 0.4) is 0 Å². The number of carbonyl (C=O) groups excluding carboxylic acids is 1. The van der Waals surface area contributed by atoms with Gasteiger partial charge in [0, 0.05) is 35.5 Å². The number of H-pyrrole nitrogens is 1. The Balaban J connectivity index is 1.41. The number of nitrogens with one attached hydrogen (secondary N) is 2. The molecule has 3 aromatic rings. The average molecular weight is 348 g/mol. The maximum atomic E-state index is 12.3. The number of hydrogen-bond acceptors (Lipinski definition) is 2. The van der Waals surface area contributed by atoms with E-state index in [1.807, 2.05) is 30.3 Å². The molecule has 4 heteroatoms. The number of carbonyl (C=O) groups is 1. The third-order valence-electron chi connectivity index (χ3n) is 5.42. The van der Waals surface area contributed by atoms with Crippen LogP contribution in [0.2, 0.25) is 0 Å². The molecule has 1 aliphatic carbocycles. The molecule has 2 N–H and O–H groups in total. The van der Waals surface area contributed by atoms with E-state index in [1.165, 1.54) is 16.5 Å². The van der Waals surface area contributed by atoms with Crippen molar-refractivity contribution < 1.29 is 9.53 Å². The molecule has 26 heavy (non-hydrogen) atoms. The Morgan fingerprint density at radius 1 is 1.19 bits per heavy atom. The number of methoxy groups -OCH3 is 1. The van der Waals surface area contributed by atoms with Crippen molar-refractivity contribution in [1.82, 2.24) is 10.3 Å². The van der Waals surface area contributed by atoms with Gasteiger partial charge in [0.05, 0.1) is 7.11 Å². The summed E-state index contributed by atoms with van der Waals surface area (Å²) < 4.78 is 5.37. The molecular formula is C22H24N2O2. The summed E-state index contributed by atoms with van der Waals surface area (Å²) in [4.78, 5) is 15.6. The van der Waals surface area contributed by atoms with E-state index in [1.54, 1.807) is 7.11 Å². The summed E-state index contributed by atoms with van der Waals surface area (Å²) in [5.41, 5.74) is 3.66. The molecule has 1 aliphatic rings. The van der Waals surface area contributed by atoms with Gasteiger partial charge in [-0.3, -0.25) is 4.79 Å². The molecule has 2 aromatic carbocycles. The van der Waals surface area contributed by atoms with E-state index in [2.05, 4.69) is 34.7 Å². The van der Waals surface area contributed by atoms with Crippen molar-refractivity contribution in [2.75, 3.05) is 13.7 Å². The Morgan fingerprint density at radius 2 is 2.00 bits per heavy atom. The van der Waals surface area contributed by atoms with Crippen LogP contribution >= 0.6 is 0 Å². The summed E-state index contributed by atoms with van der Waals surface area (Å²) in [5, 5.41) is 4.35. The Bertz CT molecular complexity index is 910. The van der Waals surface area contributed by atoms with Crippen LogP contribution in [0, 0.1) is 0 Å². The second-order valence-corrected chi connectivity index (χ2v) is 7.16. The number of aryl methyl sites for hydroxylation is 1. The summed E-state index contributed by atoms with van der Waals surface area (Å²) in [6, 6.07) is 16.2. The Morgan fingerprint density at radius 3 is 2.73 bits per heavy atom. The van der Waals surface area contributed by atoms with E-state index in [4.69, 9.17) is 4.74 Å². The van der Waals surface area contributed by atoms with E-state index in [9.17, 15) is 4.79 Å². The first kappa shape index (κ1) is 16.7. The highest BCUT2D eigenvalue weighted by Crippen LogP contribution is 2.50. The first-order chi connectivity index (χ1) is 12.7. The minimum Gasteiger partial charge on any atom is -0.497 e. The standard InChI is InChI=1S/C22H24N2O2/c1-26-17-8-9-20-18(13-17)19(14-23-20)22(11-12-22)15-24-21(25)10-7-16-5-3-2-4-6-16/h2-6,8-9,13-14,23H,7,10-12,15H2,1H3,(H,24,25). The fraction of sp³-hybridized carbons (Fsp3) is 0.318. The van der Waals surface area contributed by atoms with Gasteiger partial charge in [-0.1, -0.05) is 30.3 Å². The molecule has 1 amide bonds. The number of aromatic nitrogens is 1. The molecule has 1 fully saturated rings. The maximum absolute atomic E-state index is 12.3. The van der Waals surface area contributed by atoms with Crippen LogP contribution in [0.15, 0.2) is 54.7 Å².